The number of alkyl halides is 2. The molecule has 0 radical (unpaired) electrons. The van der Waals surface area contributed by atoms with E-state index in [2.05, 4.69) is 0 Å². The number of phenolic OH excluding ortho intramolecular Hbond substituents is 1. The Morgan fingerprint density at radius 3 is 2.33 bits per heavy atom. The van der Waals surface area contributed by atoms with Gasteiger partial charge in [-0.2, -0.15) is 0 Å². The third-order valence-electron chi connectivity index (χ3n) is 8.66. The summed E-state index contributed by atoms with van der Waals surface area (Å²) < 4.78 is 18.9. The molecule has 0 bridgehead atoms. The highest BCUT2D eigenvalue weighted by atomic mass is 35.5. The van der Waals surface area contributed by atoms with Gasteiger partial charge in [-0.1, -0.05) is 17.7 Å². The lowest BCUT2D eigenvalue weighted by molar-refractivity contribution is -0.138. The zero-order valence-electron chi connectivity index (χ0n) is 20.9. The molecule has 2 aromatic rings. The van der Waals surface area contributed by atoms with E-state index in [1.807, 2.05) is 0 Å². The van der Waals surface area contributed by atoms with Gasteiger partial charge in [-0.15, -0.1) is 23.2 Å². The number of benzene rings is 2. The Kier molecular flexibility index (Phi) is 5.65. The van der Waals surface area contributed by atoms with Crippen LogP contribution in [0, 0.1) is 23.6 Å². The molecular weight excluding hydrogens is 550 g/mol. The number of methoxy groups -OCH3 is 1. The van der Waals surface area contributed by atoms with E-state index in [4.69, 9.17) is 27.9 Å². The van der Waals surface area contributed by atoms with Crippen LogP contribution >= 0.6 is 23.2 Å². The Morgan fingerprint density at radius 2 is 1.69 bits per heavy atom. The molecule has 6 rings (SSSR count). The van der Waals surface area contributed by atoms with Gasteiger partial charge in [0, 0.05) is 24.6 Å². The molecule has 4 amide bonds. The lowest BCUT2D eigenvalue weighted by atomic mass is 9.56. The molecule has 2 aliphatic carbocycles. The predicted molar refractivity (Wildman–Crippen MR) is 139 cm³/mol. The number of phenols is 1. The number of nitrogens with zero attached hydrogens (tertiary/aromatic N) is 2. The first kappa shape index (κ1) is 25.8. The Labute approximate surface area is 232 Å². The molecule has 11 heteroatoms. The number of ether oxygens (including phenoxy) is 1. The number of allylic oxidation sites excluding steroid dienone is 2. The second kappa shape index (κ2) is 8.53. The number of hydrogen-bond donors (Lipinski definition) is 1. The maximum absolute atomic E-state index is 14.2. The lowest BCUT2D eigenvalue weighted by Crippen LogP contribution is -2.60. The zero-order chi connectivity index (χ0) is 28.0. The molecule has 1 saturated carbocycles. The molecule has 2 heterocycles. The molecule has 4 aliphatic rings. The fourth-order valence-electron chi connectivity index (χ4n) is 6.80. The van der Waals surface area contributed by atoms with Crippen LogP contribution in [-0.4, -0.2) is 57.5 Å². The van der Waals surface area contributed by atoms with Crippen molar-refractivity contribution in [3.8, 4) is 11.5 Å². The number of likely N-dealkylation sites (tertiary alicyclic amines) is 1. The van der Waals surface area contributed by atoms with E-state index in [1.165, 1.54) is 32.4 Å². The van der Waals surface area contributed by atoms with Crippen LogP contribution in [-0.2, 0) is 19.2 Å². The second-order valence-electron chi connectivity index (χ2n) is 10.4. The largest absolute Gasteiger partial charge is 0.508 e. The molecule has 8 nitrogen and oxygen atoms in total. The summed E-state index contributed by atoms with van der Waals surface area (Å²) in [6, 6.07) is 9.26. The van der Waals surface area contributed by atoms with Crippen molar-refractivity contribution in [2.45, 2.75) is 28.5 Å². The molecule has 2 aliphatic heterocycles. The van der Waals surface area contributed by atoms with Crippen LogP contribution in [0.25, 0.3) is 0 Å². The van der Waals surface area contributed by atoms with Crippen molar-refractivity contribution in [3.63, 3.8) is 0 Å². The summed E-state index contributed by atoms with van der Waals surface area (Å²) in [5.41, 5.74) is 0.860. The summed E-state index contributed by atoms with van der Waals surface area (Å²) in [4.78, 5) is 52.1. The van der Waals surface area contributed by atoms with Gasteiger partial charge in [0.05, 0.1) is 24.6 Å². The van der Waals surface area contributed by atoms with E-state index in [0.717, 1.165) is 21.9 Å². The summed E-state index contributed by atoms with van der Waals surface area (Å²) in [5, 5.41) is 11.1. The highest BCUT2D eigenvalue weighted by molar-refractivity contribution is 6.58. The van der Waals surface area contributed by atoms with Gasteiger partial charge in [-0.25, -0.2) is 9.29 Å². The first-order valence-corrected chi connectivity index (χ1v) is 13.1. The minimum absolute atomic E-state index is 0.0836. The lowest BCUT2D eigenvalue weighted by Gasteiger charge is -2.50. The van der Waals surface area contributed by atoms with Gasteiger partial charge in [-0.05, 0) is 49.1 Å². The average Bonchev–Trinajstić information content (AvgIpc) is 3.23. The Balaban J connectivity index is 1.58. The molecule has 0 spiro atoms. The number of anilines is 1. The normalized spacial score (nSPS) is 33.6. The van der Waals surface area contributed by atoms with Crippen LogP contribution in [0.3, 0.4) is 0 Å². The summed E-state index contributed by atoms with van der Waals surface area (Å²) in [6.45, 7) is 0. The van der Waals surface area contributed by atoms with E-state index in [-0.39, 0.29) is 35.7 Å². The molecule has 2 saturated heterocycles. The number of rotatable bonds is 3. The molecule has 2 aromatic carbocycles. The summed E-state index contributed by atoms with van der Waals surface area (Å²) in [7, 11) is 2.85. The SMILES string of the molecule is COc1ccc([C@H]2C3=CC[C@@H]4C(=O)N(C)C(=O)[C@@H]4[C@@H]3C[C@@]3(Cl)C(=O)N(c4ccc(F)cc4)C(=O)[C@@]23Cl)c(O)c1. The van der Waals surface area contributed by atoms with Crippen molar-refractivity contribution in [2.75, 3.05) is 19.1 Å². The summed E-state index contributed by atoms with van der Waals surface area (Å²) in [5.74, 6) is -6.09. The predicted octanol–water partition coefficient (Wildman–Crippen LogP) is 3.73. The number of halogens is 3. The van der Waals surface area contributed by atoms with Crippen molar-refractivity contribution in [1.82, 2.24) is 4.90 Å². The van der Waals surface area contributed by atoms with Crippen LogP contribution in [0.15, 0.2) is 54.1 Å². The minimum atomic E-state index is -2.11. The number of aromatic hydroxyl groups is 1. The van der Waals surface area contributed by atoms with E-state index in [9.17, 15) is 28.7 Å². The van der Waals surface area contributed by atoms with Crippen LogP contribution in [0.1, 0.15) is 24.3 Å². The molecular formula is C28H23Cl2FN2O6. The van der Waals surface area contributed by atoms with Gasteiger partial charge in [0.15, 0.2) is 9.75 Å². The van der Waals surface area contributed by atoms with Crippen LogP contribution in [0.5, 0.6) is 11.5 Å². The van der Waals surface area contributed by atoms with E-state index in [0.29, 0.717) is 11.3 Å². The van der Waals surface area contributed by atoms with Crippen molar-refractivity contribution >= 4 is 52.5 Å². The van der Waals surface area contributed by atoms with Crippen molar-refractivity contribution in [1.29, 1.82) is 0 Å². The topological polar surface area (TPSA) is 104 Å². The Bertz CT molecular complexity index is 1500. The number of hydrogen-bond acceptors (Lipinski definition) is 6. The molecule has 1 N–H and O–H groups in total. The number of amides is 4. The van der Waals surface area contributed by atoms with Gasteiger partial charge in [0.25, 0.3) is 11.8 Å². The molecule has 0 aromatic heterocycles. The average molecular weight is 573 g/mol. The molecule has 39 heavy (non-hydrogen) atoms. The van der Waals surface area contributed by atoms with E-state index >= 15 is 0 Å². The first-order chi connectivity index (χ1) is 18.5. The van der Waals surface area contributed by atoms with Crippen LogP contribution < -0.4 is 9.64 Å². The Hall–Kier alpha value is -3.43. The van der Waals surface area contributed by atoms with Gasteiger partial charge in [0.1, 0.15) is 17.3 Å². The number of carbonyl (C=O) groups excluding carboxylic acids is 4. The molecule has 3 fully saturated rings. The van der Waals surface area contributed by atoms with Gasteiger partial charge in [-0.3, -0.25) is 24.1 Å². The quantitative estimate of drug-likeness (QED) is 0.341. The highest BCUT2D eigenvalue weighted by Gasteiger charge is 2.76. The third kappa shape index (κ3) is 3.23. The van der Waals surface area contributed by atoms with Crippen molar-refractivity contribution < 1.29 is 33.4 Å². The molecule has 6 atom stereocenters. The standard InChI is InChI=1S/C28H23Cl2FN2O6/c1-32-23(35)18-10-9-16-19(21(18)24(32)36)12-27(29)25(37)33(14-5-3-13(31)4-6-14)26(38)28(27,30)22(16)17-8-7-15(39-2)11-20(17)34/h3-9,11,18-19,21-22,34H,10,12H2,1-2H3/t18-,19+,21-,22+,27+,28-/m0/s1. The minimum Gasteiger partial charge on any atom is -0.508 e. The van der Waals surface area contributed by atoms with Gasteiger partial charge >= 0.3 is 0 Å². The summed E-state index contributed by atoms with van der Waals surface area (Å²) >= 11 is 14.4. The van der Waals surface area contributed by atoms with Crippen molar-refractivity contribution in [3.05, 3.63) is 65.5 Å². The number of carbonyl (C=O) groups is 4. The second-order valence-corrected chi connectivity index (χ2v) is 11.7. The maximum atomic E-state index is 14.2. The third-order valence-corrected chi connectivity index (χ3v) is 10.1. The fourth-order valence-corrected chi connectivity index (χ4v) is 7.72. The molecule has 0 unspecified atom stereocenters. The highest BCUT2D eigenvalue weighted by Crippen LogP contribution is 2.66. The first-order valence-electron chi connectivity index (χ1n) is 12.4. The van der Waals surface area contributed by atoms with Gasteiger partial charge in [0.2, 0.25) is 11.8 Å². The number of imide groups is 2. The smallest absolute Gasteiger partial charge is 0.258 e. The van der Waals surface area contributed by atoms with Crippen LogP contribution in [0.2, 0.25) is 0 Å². The summed E-state index contributed by atoms with van der Waals surface area (Å²) in [6.07, 6.45) is 1.82. The number of fused-ring (bicyclic) bond motifs is 4. The van der Waals surface area contributed by atoms with E-state index < -0.39 is 57.0 Å². The Morgan fingerprint density at radius 1 is 1.00 bits per heavy atom. The fraction of sp³-hybridized carbons (Fsp3) is 0.357. The van der Waals surface area contributed by atoms with Gasteiger partial charge < -0.3 is 9.84 Å². The molecule has 202 valence electrons. The maximum Gasteiger partial charge on any atom is 0.258 e. The van der Waals surface area contributed by atoms with Crippen molar-refractivity contribution in [2.24, 2.45) is 17.8 Å². The monoisotopic (exact) mass is 572 g/mol. The van der Waals surface area contributed by atoms with Crippen LogP contribution in [0.4, 0.5) is 10.1 Å². The van der Waals surface area contributed by atoms with E-state index in [1.54, 1.807) is 18.2 Å². The zero-order valence-corrected chi connectivity index (χ0v) is 22.4.